The fourth-order valence-corrected chi connectivity index (χ4v) is 6.29. The van der Waals surface area contributed by atoms with E-state index in [1.54, 1.807) is 9.69 Å². The Kier molecular flexibility index (Phi) is 6.00. The van der Waals surface area contributed by atoms with E-state index in [2.05, 4.69) is 22.3 Å². The van der Waals surface area contributed by atoms with Crippen molar-refractivity contribution in [2.24, 2.45) is 0 Å². The van der Waals surface area contributed by atoms with Crippen molar-refractivity contribution in [2.45, 2.75) is 30.3 Å². The summed E-state index contributed by atoms with van der Waals surface area (Å²) < 4.78 is 27.9. The van der Waals surface area contributed by atoms with Crippen molar-refractivity contribution < 1.29 is 13.2 Å². The van der Waals surface area contributed by atoms with Gasteiger partial charge in [0.05, 0.1) is 15.8 Å². The Labute approximate surface area is 164 Å². The van der Waals surface area contributed by atoms with E-state index in [1.807, 2.05) is 26.2 Å². The van der Waals surface area contributed by atoms with Crippen molar-refractivity contribution in [1.82, 2.24) is 14.5 Å². The van der Waals surface area contributed by atoms with Gasteiger partial charge in [0.2, 0.25) is 10.0 Å². The standard InChI is InChI=1S/C19H25N3O3S2/c1-20-19(23)18-11-16(13-26-18)27(24,25)22-10-4-5-17(22)15-8-6-14(7-9-15)12-21(2)3/h6-9,11,13,17H,4-5,10,12H2,1-3H3,(H,20,23). The molecule has 1 aromatic heterocycles. The number of rotatable bonds is 6. The first-order chi connectivity index (χ1) is 12.8. The molecule has 0 bridgehead atoms. The molecule has 1 fully saturated rings. The van der Waals surface area contributed by atoms with Gasteiger partial charge in [-0.2, -0.15) is 4.31 Å². The van der Waals surface area contributed by atoms with Crippen LogP contribution in [0.4, 0.5) is 0 Å². The minimum atomic E-state index is -3.63. The maximum atomic E-state index is 13.1. The van der Waals surface area contributed by atoms with E-state index >= 15 is 0 Å². The molecule has 1 unspecified atom stereocenters. The summed E-state index contributed by atoms with van der Waals surface area (Å²) in [5.74, 6) is -0.268. The van der Waals surface area contributed by atoms with E-state index in [-0.39, 0.29) is 16.8 Å². The average molecular weight is 408 g/mol. The van der Waals surface area contributed by atoms with Crippen LogP contribution in [0.1, 0.15) is 39.7 Å². The third kappa shape index (κ3) is 4.24. The SMILES string of the molecule is CNC(=O)c1cc(S(=O)(=O)N2CCCC2c2ccc(CN(C)C)cc2)cs1. The Morgan fingerprint density at radius 1 is 1.30 bits per heavy atom. The third-order valence-electron chi connectivity index (χ3n) is 4.70. The van der Waals surface area contributed by atoms with Crippen LogP contribution in [0.2, 0.25) is 0 Å². The van der Waals surface area contributed by atoms with E-state index < -0.39 is 10.0 Å². The molecule has 6 nitrogen and oxygen atoms in total. The number of thiophene rings is 1. The lowest BCUT2D eigenvalue weighted by atomic mass is 10.0. The summed E-state index contributed by atoms with van der Waals surface area (Å²) in [6.07, 6.45) is 1.63. The summed E-state index contributed by atoms with van der Waals surface area (Å²) in [6.45, 7) is 1.35. The van der Waals surface area contributed by atoms with E-state index in [0.29, 0.717) is 11.4 Å². The van der Waals surface area contributed by atoms with E-state index in [0.717, 1.165) is 36.3 Å². The van der Waals surface area contributed by atoms with Gasteiger partial charge in [-0.25, -0.2) is 8.42 Å². The molecule has 0 radical (unpaired) electrons. The van der Waals surface area contributed by atoms with Gasteiger partial charge in [0.15, 0.2) is 0 Å². The molecule has 1 aliphatic rings. The fraction of sp³-hybridized carbons (Fsp3) is 0.421. The van der Waals surface area contributed by atoms with E-state index in [9.17, 15) is 13.2 Å². The molecular formula is C19H25N3O3S2. The molecule has 1 atom stereocenters. The van der Waals surface area contributed by atoms with Gasteiger partial charge in [-0.15, -0.1) is 11.3 Å². The van der Waals surface area contributed by atoms with Crippen LogP contribution in [0, 0.1) is 0 Å². The van der Waals surface area contributed by atoms with Crippen LogP contribution in [0.3, 0.4) is 0 Å². The molecule has 0 aliphatic carbocycles. The lowest BCUT2D eigenvalue weighted by Crippen LogP contribution is -2.30. The zero-order chi connectivity index (χ0) is 19.6. The summed E-state index contributed by atoms with van der Waals surface area (Å²) in [5.41, 5.74) is 2.21. The summed E-state index contributed by atoms with van der Waals surface area (Å²) in [5, 5.41) is 4.08. The predicted molar refractivity (Wildman–Crippen MR) is 107 cm³/mol. The van der Waals surface area contributed by atoms with Gasteiger partial charge in [-0.1, -0.05) is 24.3 Å². The van der Waals surface area contributed by atoms with Gasteiger partial charge in [0.25, 0.3) is 5.91 Å². The van der Waals surface area contributed by atoms with Gasteiger partial charge in [-0.3, -0.25) is 4.79 Å². The highest BCUT2D eigenvalue weighted by atomic mass is 32.2. The van der Waals surface area contributed by atoms with Crippen LogP contribution in [0.5, 0.6) is 0 Å². The van der Waals surface area contributed by atoms with Crippen molar-refractivity contribution >= 4 is 27.3 Å². The highest BCUT2D eigenvalue weighted by molar-refractivity contribution is 7.89. The number of hydrogen-bond donors (Lipinski definition) is 1. The number of carbonyl (C=O) groups excluding carboxylic acids is 1. The van der Waals surface area contributed by atoms with Crippen LogP contribution < -0.4 is 5.32 Å². The van der Waals surface area contributed by atoms with Crippen molar-refractivity contribution in [3.8, 4) is 0 Å². The first-order valence-corrected chi connectivity index (χ1v) is 11.2. The van der Waals surface area contributed by atoms with Crippen molar-refractivity contribution in [1.29, 1.82) is 0 Å². The lowest BCUT2D eigenvalue weighted by molar-refractivity contribution is 0.0967. The molecule has 1 amide bonds. The first-order valence-electron chi connectivity index (χ1n) is 8.89. The molecule has 1 aromatic carbocycles. The van der Waals surface area contributed by atoms with Crippen LogP contribution in [0.25, 0.3) is 0 Å². The Morgan fingerprint density at radius 3 is 2.63 bits per heavy atom. The largest absolute Gasteiger partial charge is 0.354 e. The number of sulfonamides is 1. The molecule has 8 heteroatoms. The summed E-state index contributed by atoms with van der Waals surface area (Å²) >= 11 is 1.15. The van der Waals surface area contributed by atoms with Gasteiger partial charge < -0.3 is 10.2 Å². The van der Waals surface area contributed by atoms with Gasteiger partial charge >= 0.3 is 0 Å². The van der Waals surface area contributed by atoms with E-state index in [1.165, 1.54) is 18.7 Å². The quantitative estimate of drug-likeness (QED) is 0.799. The van der Waals surface area contributed by atoms with Crippen molar-refractivity contribution in [3.63, 3.8) is 0 Å². The molecule has 2 aromatic rings. The van der Waals surface area contributed by atoms with E-state index in [4.69, 9.17) is 0 Å². The lowest BCUT2D eigenvalue weighted by Gasteiger charge is -2.24. The maximum Gasteiger partial charge on any atom is 0.261 e. The fourth-order valence-electron chi connectivity index (χ4n) is 3.40. The zero-order valence-electron chi connectivity index (χ0n) is 15.8. The number of amides is 1. The van der Waals surface area contributed by atoms with Crippen LogP contribution in [0.15, 0.2) is 40.6 Å². The third-order valence-corrected chi connectivity index (χ3v) is 7.66. The highest BCUT2D eigenvalue weighted by Gasteiger charge is 2.36. The number of carbonyl (C=O) groups is 1. The highest BCUT2D eigenvalue weighted by Crippen LogP contribution is 2.37. The molecule has 0 saturated carbocycles. The molecule has 0 spiro atoms. The Balaban J connectivity index is 1.84. The first kappa shape index (κ1) is 20.0. The summed E-state index contributed by atoms with van der Waals surface area (Å²) in [4.78, 5) is 14.5. The molecule has 1 aliphatic heterocycles. The molecule has 1 saturated heterocycles. The Hall–Kier alpha value is -1.74. The number of hydrogen-bond acceptors (Lipinski definition) is 5. The molecule has 3 rings (SSSR count). The van der Waals surface area contributed by atoms with Crippen molar-refractivity contribution in [2.75, 3.05) is 27.7 Å². The summed E-state index contributed by atoms with van der Waals surface area (Å²) in [6, 6.07) is 9.49. The second-order valence-electron chi connectivity index (χ2n) is 6.98. The second-order valence-corrected chi connectivity index (χ2v) is 9.78. The van der Waals surface area contributed by atoms with Crippen molar-refractivity contribution in [3.05, 3.63) is 51.7 Å². The number of benzene rings is 1. The minimum Gasteiger partial charge on any atom is -0.354 e. The Bertz CT molecular complexity index is 905. The Morgan fingerprint density at radius 2 is 2.00 bits per heavy atom. The van der Waals surface area contributed by atoms with Crippen LogP contribution in [-0.2, 0) is 16.6 Å². The number of nitrogens with one attached hydrogen (secondary N) is 1. The monoisotopic (exact) mass is 407 g/mol. The zero-order valence-corrected chi connectivity index (χ0v) is 17.4. The van der Waals surface area contributed by atoms with Gasteiger partial charge in [0, 0.05) is 25.5 Å². The molecule has 146 valence electrons. The second kappa shape index (κ2) is 8.10. The molecule has 27 heavy (non-hydrogen) atoms. The molecule has 2 heterocycles. The normalized spacial score (nSPS) is 18.1. The average Bonchev–Trinajstić information content (AvgIpc) is 3.31. The predicted octanol–water partition coefficient (Wildman–Crippen LogP) is 2.70. The minimum absolute atomic E-state index is 0.160. The topological polar surface area (TPSA) is 69.7 Å². The maximum absolute atomic E-state index is 13.1. The summed E-state index contributed by atoms with van der Waals surface area (Å²) in [7, 11) is 1.95. The number of nitrogens with zero attached hydrogens (tertiary/aromatic N) is 2. The van der Waals surface area contributed by atoms with Gasteiger partial charge in [0.1, 0.15) is 0 Å². The van der Waals surface area contributed by atoms with Gasteiger partial charge in [-0.05, 0) is 44.1 Å². The van der Waals surface area contributed by atoms with Crippen LogP contribution >= 0.6 is 11.3 Å². The van der Waals surface area contributed by atoms with Crippen LogP contribution in [-0.4, -0.2) is 51.2 Å². The molecular weight excluding hydrogens is 382 g/mol. The smallest absolute Gasteiger partial charge is 0.261 e. The molecule has 1 N–H and O–H groups in total.